The number of hydrogen-bond acceptors (Lipinski definition) is 1. The predicted octanol–water partition coefficient (Wildman–Crippen LogP) is 1.21. The Morgan fingerprint density at radius 2 is 1.91 bits per heavy atom. The topological polar surface area (TPSA) is 39.4 Å². The van der Waals surface area contributed by atoms with E-state index in [0.29, 0.717) is 6.42 Å². The maximum absolute atomic E-state index is 10.2. The zero-order valence-corrected chi connectivity index (χ0v) is 6.16. The molecule has 11 heavy (non-hydrogen) atoms. The Labute approximate surface area is 66.0 Å². The third-order valence-corrected chi connectivity index (χ3v) is 1.47. The van der Waals surface area contributed by atoms with Crippen molar-refractivity contribution in [2.24, 2.45) is 0 Å². The standard InChI is InChI=1S/C9H9NO/c10-9(11)7-6-8-4-2-1-3-5-8/h1-5H,6-7H2. The van der Waals surface area contributed by atoms with Crippen molar-refractivity contribution in [3.63, 3.8) is 0 Å². The third-order valence-electron chi connectivity index (χ3n) is 1.47. The van der Waals surface area contributed by atoms with E-state index in [9.17, 15) is 4.79 Å². The van der Waals surface area contributed by atoms with Crippen LogP contribution < -0.4 is 5.73 Å². The van der Waals surface area contributed by atoms with Gasteiger partial charge in [0.25, 0.3) is 5.91 Å². The largest absolute Gasteiger partial charge is 0.271 e. The monoisotopic (exact) mass is 147 g/mol. The molecule has 0 fully saturated rings. The van der Waals surface area contributed by atoms with Crippen molar-refractivity contribution in [3.05, 3.63) is 35.9 Å². The van der Waals surface area contributed by atoms with Crippen molar-refractivity contribution in [2.45, 2.75) is 12.8 Å². The van der Waals surface area contributed by atoms with Crippen molar-refractivity contribution >= 4 is 5.91 Å². The molecule has 0 bridgehead atoms. The number of benzene rings is 1. The average molecular weight is 147 g/mol. The fourth-order valence-corrected chi connectivity index (χ4v) is 0.896. The lowest BCUT2D eigenvalue weighted by Gasteiger charge is -1.94. The second-order valence-electron chi connectivity index (χ2n) is 2.38. The van der Waals surface area contributed by atoms with Crippen LogP contribution in [0.3, 0.4) is 0 Å². The van der Waals surface area contributed by atoms with Crippen LogP contribution in [0.1, 0.15) is 12.0 Å². The maximum atomic E-state index is 10.2. The lowest BCUT2D eigenvalue weighted by Crippen LogP contribution is -1.99. The summed E-state index contributed by atoms with van der Waals surface area (Å²) in [5.74, 6) is -0.742. The summed E-state index contributed by atoms with van der Waals surface area (Å²) in [6.07, 6.45) is 0.834. The van der Waals surface area contributed by atoms with Gasteiger partial charge in [0.15, 0.2) is 0 Å². The smallest absolute Gasteiger partial charge is 0.265 e. The number of carbonyl (C=O) groups excluding carboxylic acids is 1. The van der Waals surface area contributed by atoms with Crippen molar-refractivity contribution in [3.8, 4) is 0 Å². The molecule has 0 spiro atoms. The molecule has 0 unspecified atom stereocenters. The van der Waals surface area contributed by atoms with Gasteiger partial charge < -0.3 is 0 Å². The summed E-state index contributed by atoms with van der Waals surface area (Å²) in [6.45, 7) is 0. The predicted molar refractivity (Wildman–Crippen MR) is 41.9 cm³/mol. The number of rotatable bonds is 3. The minimum atomic E-state index is -0.742. The van der Waals surface area contributed by atoms with Gasteiger partial charge in [-0.05, 0) is 12.0 Å². The molecule has 0 saturated heterocycles. The van der Waals surface area contributed by atoms with Gasteiger partial charge in [-0.25, -0.2) is 0 Å². The minimum absolute atomic E-state index is 0.212. The molecular formula is C9H9NO. The first-order valence-corrected chi connectivity index (χ1v) is 3.55. The molecule has 2 radical (unpaired) electrons. The molecule has 2 heteroatoms. The van der Waals surface area contributed by atoms with Crippen LogP contribution in [0.4, 0.5) is 0 Å². The molecule has 0 aromatic heterocycles. The highest BCUT2D eigenvalue weighted by Gasteiger charge is 1.96. The van der Waals surface area contributed by atoms with Crippen LogP contribution in [0, 0.1) is 0 Å². The number of hydrogen-bond donors (Lipinski definition) is 0. The zero-order valence-electron chi connectivity index (χ0n) is 6.16. The number of nitrogens with zero attached hydrogens (tertiary/aromatic N) is 1. The molecule has 0 aliphatic carbocycles. The molecule has 56 valence electrons. The summed E-state index contributed by atoms with van der Waals surface area (Å²) in [6, 6.07) is 9.62. The second-order valence-corrected chi connectivity index (χ2v) is 2.38. The van der Waals surface area contributed by atoms with E-state index in [4.69, 9.17) is 5.73 Å². The summed E-state index contributed by atoms with van der Waals surface area (Å²) in [5, 5.41) is 0. The lowest BCUT2D eigenvalue weighted by molar-refractivity contribution is -0.118. The second kappa shape index (κ2) is 3.76. The Balaban J connectivity index is 2.45. The Bertz CT molecular complexity index is 231. The highest BCUT2D eigenvalue weighted by Crippen LogP contribution is 2.01. The van der Waals surface area contributed by atoms with Crippen LogP contribution in [0.5, 0.6) is 0 Å². The first kappa shape index (κ1) is 7.79. The van der Waals surface area contributed by atoms with E-state index in [1.54, 1.807) is 0 Å². The number of aryl methyl sites for hydroxylation is 1. The molecule has 0 saturated carbocycles. The van der Waals surface area contributed by atoms with Crippen LogP contribution in [-0.4, -0.2) is 5.91 Å². The van der Waals surface area contributed by atoms with Crippen LogP contribution in [0.15, 0.2) is 30.3 Å². The minimum Gasteiger partial charge on any atom is -0.271 e. The van der Waals surface area contributed by atoms with Crippen molar-refractivity contribution < 1.29 is 4.79 Å². The third kappa shape index (κ3) is 2.85. The average Bonchev–Trinajstić information content (AvgIpc) is 2.03. The van der Waals surface area contributed by atoms with Gasteiger partial charge in [0.1, 0.15) is 0 Å². The van der Waals surface area contributed by atoms with E-state index < -0.39 is 5.91 Å². The summed E-state index contributed by atoms with van der Waals surface area (Å²) < 4.78 is 0. The van der Waals surface area contributed by atoms with E-state index >= 15 is 0 Å². The van der Waals surface area contributed by atoms with Gasteiger partial charge in [-0.3, -0.25) is 4.79 Å². The normalized spacial score (nSPS) is 9.45. The van der Waals surface area contributed by atoms with E-state index in [0.717, 1.165) is 5.56 Å². The number of amides is 1. The first-order chi connectivity index (χ1) is 5.29. The van der Waals surface area contributed by atoms with Crippen LogP contribution in [-0.2, 0) is 11.2 Å². The van der Waals surface area contributed by atoms with Crippen molar-refractivity contribution in [2.75, 3.05) is 0 Å². The van der Waals surface area contributed by atoms with Crippen molar-refractivity contribution in [1.29, 1.82) is 0 Å². The molecule has 2 nitrogen and oxygen atoms in total. The molecule has 1 aromatic rings. The van der Waals surface area contributed by atoms with Crippen LogP contribution >= 0.6 is 0 Å². The summed E-state index contributed by atoms with van der Waals surface area (Å²) in [5.41, 5.74) is 9.45. The zero-order chi connectivity index (χ0) is 8.10. The summed E-state index contributed by atoms with van der Waals surface area (Å²) >= 11 is 0. The fraction of sp³-hybridized carbons (Fsp3) is 0.222. The van der Waals surface area contributed by atoms with Crippen molar-refractivity contribution in [1.82, 2.24) is 5.73 Å². The van der Waals surface area contributed by atoms with Gasteiger partial charge >= 0.3 is 0 Å². The van der Waals surface area contributed by atoms with Gasteiger partial charge in [-0.15, -0.1) is 5.73 Å². The van der Waals surface area contributed by atoms with Crippen LogP contribution in [0.25, 0.3) is 0 Å². The van der Waals surface area contributed by atoms with E-state index in [1.165, 1.54) is 0 Å². The summed E-state index contributed by atoms with van der Waals surface area (Å²) in [4.78, 5) is 10.2. The Morgan fingerprint density at radius 3 is 2.45 bits per heavy atom. The Hall–Kier alpha value is -1.31. The Morgan fingerprint density at radius 1 is 1.27 bits per heavy atom. The lowest BCUT2D eigenvalue weighted by atomic mass is 10.1. The molecule has 1 rings (SSSR count). The summed E-state index contributed by atoms with van der Waals surface area (Å²) in [7, 11) is 0. The van der Waals surface area contributed by atoms with Gasteiger partial charge in [0, 0.05) is 6.42 Å². The number of carbonyl (C=O) groups is 1. The molecule has 0 heterocycles. The molecule has 0 atom stereocenters. The Kier molecular flexibility index (Phi) is 2.66. The molecule has 0 aliphatic heterocycles. The van der Waals surface area contributed by atoms with Gasteiger partial charge in [0.2, 0.25) is 0 Å². The quantitative estimate of drug-likeness (QED) is 0.633. The first-order valence-electron chi connectivity index (χ1n) is 3.55. The molecule has 0 N–H and O–H groups in total. The van der Waals surface area contributed by atoms with Gasteiger partial charge in [-0.2, -0.15) is 0 Å². The van der Waals surface area contributed by atoms with Gasteiger partial charge in [-0.1, -0.05) is 30.3 Å². The highest BCUT2D eigenvalue weighted by molar-refractivity contribution is 5.73. The van der Waals surface area contributed by atoms with Crippen LogP contribution in [0.2, 0.25) is 0 Å². The highest BCUT2D eigenvalue weighted by atomic mass is 16.1. The maximum Gasteiger partial charge on any atom is 0.265 e. The molecule has 0 aliphatic rings. The van der Waals surface area contributed by atoms with E-state index in [2.05, 4.69) is 0 Å². The fourth-order valence-electron chi connectivity index (χ4n) is 0.896. The van der Waals surface area contributed by atoms with E-state index in [1.807, 2.05) is 30.3 Å². The molecular weight excluding hydrogens is 138 g/mol. The molecule has 1 aromatic carbocycles. The SMILES string of the molecule is [N]C(=O)CCc1ccccc1. The van der Waals surface area contributed by atoms with Gasteiger partial charge in [0.05, 0.1) is 0 Å². The van der Waals surface area contributed by atoms with E-state index in [-0.39, 0.29) is 6.42 Å². The molecule has 1 amide bonds.